The molecular weight excluding hydrogens is 461 g/mol. The Bertz CT molecular complexity index is 1370. The predicted molar refractivity (Wildman–Crippen MR) is 132 cm³/mol. The molecular formula is C28H26FN3O4. The lowest BCUT2D eigenvalue weighted by molar-refractivity contribution is -0.116. The highest BCUT2D eigenvalue weighted by Crippen LogP contribution is 2.54. The predicted octanol–water partition coefficient (Wildman–Crippen LogP) is 4.79. The number of hydrogen-bond donors (Lipinski definition) is 3. The minimum atomic E-state index is -0.332. The minimum Gasteiger partial charge on any atom is -0.487 e. The summed E-state index contributed by atoms with van der Waals surface area (Å²) in [5.74, 6) is 1.97. The van der Waals surface area contributed by atoms with Crippen molar-refractivity contribution in [2.75, 3.05) is 5.32 Å². The van der Waals surface area contributed by atoms with Crippen LogP contribution in [0.1, 0.15) is 41.5 Å². The van der Waals surface area contributed by atoms with Crippen LogP contribution < -0.4 is 25.4 Å². The molecule has 3 N–H and O–H groups in total. The fraction of sp³-hybridized carbons (Fsp3) is 0.286. The number of urea groups is 1. The van der Waals surface area contributed by atoms with Crippen molar-refractivity contribution in [3.63, 3.8) is 0 Å². The Morgan fingerprint density at radius 2 is 2.06 bits per heavy atom. The Balaban J connectivity index is 1.13. The average molecular weight is 488 g/mol. The molecule has 3 aromatic rings. The van der Waals surface area contributed by atoms with Gasteiger partial charge in [-0.25, -0.2) is 9.18 Å². The first kappa shape index (κ1) is 22.4. The number of anilines is 1. The van der Waals surface area contributed by atoms with E-state index in [1.54, 1.807) is 12.1 Å². The maximum atomic E-state index is 13.3. The number of benzene rings is 3. The molecule has 1 saturated carbocycles. The molecule has 36 heavy (non-hydrogen) atoms. The number of nitrogens with one attached hydrogen (secondary N) is 3. The lowest BCUT2D eigenvalue weighted by atomic mass is 9.96. The number of carbonyl (C=O) groups is 2. The Hall–Kier alpha value is -4.07. The van der Waals surface area contributed by atoms with E-state index in [0.717, 1.165) is 40.3 Å². The summed E-state index contributed by atoms with van der Waals surface area (Å²) in [6.07, 6.45) is 1.79. The normalized spacial score (nSPS) is 20.8. The SMILES string of the molecule is CCc1ccc(Oc2ccc3c(c2)[C@@H]2C(O3)[C@@H]2NC(=O)NCc2cccc(F)c2)c2c1NC(=O)CC2. The lowest BCUT2D eigenvalue weighted by Gasteiger charge is -2.23. The highest BCUT2D eigenvalue weighted by Gasteiger charge is 2.59. The zero-order valence-corrected chi connectivity index (χ0v) is 19.8. The van der Waals surface area contributed by atoms with Crippen molar-refractivity contribution in [1.82, 2.24) is 10.6 Å². The van der Waals surface area contributed by atoms with Crippen molar-refractivity contribution in [1.29, 1.82) is 0 Å². The van der Waals surface area contributed by atoms with Gasteiger partial charge in [0.2, 0.25) is 5.91 Å². The van der Waals surface area contributed by atoms with Crippen molar-refractivity contribution in [3.05, 3.63) is 82.7 Å². The number of halogens is 1. The van der Waals surface area contributed by atoms with Crippen LogP contribution >= 0.6 is 0 Å². The van der Waals surface area contributed by atoms with Crippen molar-refractivity contribution in [2.45, 2.75) is 50.8 Å². The molecule has 3 aliphatic rings. The molecule has 3 amide bonds. The van der Waals surface area contributed by atoms with Gasteiger partial charge in [-0.1, -0.05) is 25.1 Å². The summed E-state index contributed by atoms with van der Waals surface area (Å²) in [5.41, 5.74) is 4.67. The van der Waals surface area contributed by atoms with Crippen LogP contribution in [0.3, 0.4) is 0 Å². The van der Waals surface area contributed by atoms with E-state index in [1.807, 2.05) is 30.3 Å². The zero-order chi connectivity index (χ0) is 24.8. The molecule has 0 spiro atoms. The Kier molecular flexibility index (Phi) is 5.51. The first-order chi connectivity index (χ1) is 17.5. The fourth-order valence-electron chi connectivity index (χ4n) is 5.15. The molecule has 0 radical (unpaired) electrons. The van der Waals surface area contributed by atoms with Gasteiger partial charge in [0.05, 0.1) is 17.6 Å². The molecule has 0 aromatic heterocycles. The third kappa shape index (κ3) is 4.12. The summed E-state index contributed by atoms with van der Waals surface area (Å²) in [5, 5.41) is 8.73. The topological polar surface area (TPSA) is 88.7 Å². The van der Waals surface area contributed by atoms with Gasteiger partial charge in [-0.2, -0.15) is 0 Å². The van der Waals surface area contributed by atoms with Gasteiger partial charge in [-0.3, -0.25) is 4.79 Å². The van der Waals surface area contributed by atoms with Gasteiger partial charge in [-0.05, 0) is 60.4 Å². The molecule has 6 rings (SSSR count). The van der Waals surface area contributed by atoms with E-state index in [2.05, 4.69) is 22.9 Å². The second kappa shape index (κ2) is 8.86. The van der Waals surface area contributed by atoms with Crippen LogP contribution in [0.5, 0.6) is 17.2 Å². The smallest absolute Gasteiger partial charge is 0.315 e. The molecule has 1 unspecified atom stereocenters. The fourth-order valence-corrected chi connectivity index (χ4v) is 5.15. The number of carbonyl (C=O) groups excluding carboxylic acids is 2. The summed E-state index contributed by atoms with van der Waals surface area (Å²) in [6, 6.07) is 15.4. The van der Waals surface area contributed by atoms with E-state index in [9.17, 15) is 14.0 Å². The van der Waals surface area contributed by atoms with Crippen LogP contribution in [-0.2, 0) is 24.2 Å². The molecule has 184 valence electrons. The van der Waals surface area contributed by atoms with Gasteiger partial charge in [0.25, 0.3) is 0 Å². The molecule has 7 nitrogen and oxygen atoms in total. The van der Waals surface area contributed by atoms with E-state index >= 15 is 0 Å². The van der Waals surface area contributed by atoms with Crippen LogP contribution in [0.2, 0.25) is 0 Å². The van der Waals surface area contributed by atoms with Crippen molar-refractivity contribution in [2.24, 2.45) is 0 Å². The van der Waals surface area contributed by atoms with E-state index < -0.39 is 0 Å². The molecule has 3 aromatic carbocycles. The van der Waals surface area contributed by atoms with Crippen molar-refractivity contribution in [3.8, 4) is 17.2 Å². The summed E-state index contributed by atoms with van der Waals surface area (Å²) >= 11 is 0. The molecule has 2 aliphatic heterocycles. The van der Waals surface area contributed by atoms with Gasteiger partial charge in [0.15, 0.2) is 0 Å². The zero-order valence-electron chi connectivity index (χ0n) is 19.8. The molecule has 3 atom stereocenters. The maximum absolute atomic E-state index is 13.3. The number of ether oxygens (including phenoxy) is 2. The molecule has 2 heterocycles. The third-order valence-electron chi connectivity index (χ3n) is 7.03. The molecule has 1 fully saturated rings. The van der Waals surface area contributed by atoms with E-state index in [1.165, 1.54) is 12.1 Å². The molecule has 0 bridgehead atoms. The quantitative estimate of drug-likeness (QED) is 0.467. The number of rotatable bonds is 6. The molecule has 1 aliphatic carbocycles. The van der Waals surface area contributed by atoms with E-state index in [4.69, 9.17) is 9.47 Å². The average Bonchev–Trinajstić information content (AvgIpc) is 3.39. The Labute approximate surface area is 208 Å². The van der Waals surface area contributed by atoms with E-state index in [0.29, 0.717) is 24.2 Å². The van der Waals surface area contributed by atoms with Crippen LogP contribution in [0.4, 0.5) is 14.9 Å². The van der Waals surface area contributed by atoms with Gasteiger partial charge < -0.3 is 25.4 Å². The standard InChI is InChI=1S/C28H26FN3O4/c1-2-16-6-9-21(19-8-11-23(33)31-25(16)19)35-18-7-10-22-20(13-18)24-26(27(24)36-22)32-28(34)30-14-15-4-3-5-17(29)12-15/h3-7,9-10,12-13,24,26-27H,2,8,11,14H2,1H3,(H,31,33)(H2,30,32,34)/t24-,26+,27?/m0/s1. The highest BCUT2D eigenvalue weighted by molar-refractivity contribution is 5.95. The van der Waals surface area contributed by atoms with Gasteiger partial charge >= 0.3 is 6.03 Å². The van der Waals surface area contributed by atoms with Crippen molar-refractivity contribution >= 4 is 17.6 Å². The van der Waals surface area contributed by atoms with Crippen LogP contribution in [-0.4, -0.2) is 24.1 Å². The summed E-state index contributed by atoms with van der Waals surface area (Å²) < 4.78 is 25.6. The number of fused-ring (bicyclic) bond motifs is 4. The van der Waals surface area contributed by atoms with Gasteiger partial charge in [0, 0.05) is 24.1 Å². The highest BCUT2D eigenvalue weighted by atomic mass is 19.1. The van der Waals surface area contributed by atoms with Crippen LogP contribution in [0.15, 0.2) is 54.6 Å². The maximum Gasteiger partial charge on any atom is 0.315 e. The summed E-state index contributed by atoms with van der Waals surface area (Å²) in [4.78, 5) is 24.3. The molecule has 8 heteroatoms. The van der Waals surface area contributed by atoms with Gasteiger partial charge in [-0.15, -0.1) is 0 Å². The number of amides is 3. The van der Waals surface area contributed by atoms with Crippen LogP contribution in [0, 0.1) is 5.82 Å². The largest absolute Gasteiger partial charge is 0.487 e. The number of aryl methyl sites for hydroxylation is 1. The third-order valence-corrected chi connectivity index (χ3v) is 7.03. The minimum absolute atomic E-state index is 0.0299. The second-order valence-corrected chi connectivity index (χ2v) is 9.37. The van der Waals surface area contributed by atoms with Crippen LogP contribution in [0.25, 0.3) is 0 Å². The molecule has 0 saturated heterocycles. The Morgan fingerprint density at radius 1 is 1.17 bits per heavy atom. The van der Waals surface area contributed by atoms with Gasteiger partial charge in [0.1, 0.15) is 29.2 Å². The second-order valence-electron chi connectivity index (χ2n) is 9.37. The number of hydrogen-bond acceptors (Lipinski definition) is 4. The lowest BCUT2D eigenvalue weighted by Crippen LogP contribution is -2.38. The van der Waals surface area contributed by atoms with E-state index in [-0.39, 0.29) is 42.4 Å². The van der Waals surface area contributed by atoms with Crippen molar-refractivity contribution < 1.29 is 23.5 Å². The first-order valence-electron chi connectivity index (χ1n) is 12.2. The summed E-state index contributed by atoms with van der Waals surface area (Å²) in [7, 11) is 0. The first-order valence-corrected chi connectivity index (χ1v) is 12.2. The monoisotopic (exact) mass is 487 g/mol. The Morgan fingerprint density at radius 3 is 2.89 bits per heavy atom. The summed E-state index contributed by atoms with van der Waals surface area (Å²) in [6.45, 7) is 2.30.